The van der Waals surface area contributed by atoms with E-state index in [4.69, 9.17) is 10.5 Å². The van der Waals surface area contributed by atoms with Crippen LogP contribution in [0.1, 0.15) is 26.2 Å². The van der Waals surface area contributed by atoms with E-state index in [1.807, 2.05) is 4.90 Å². The maximum atomic E-state index is 12.5. The summed E-state index contributed by atoms with van der Waals surface area (Å²) in [5.41, 5.74) is 5.64. The molecule has 112 valence electrons. The number of alkyl halides is 3. The Morgan fingerprint density at radius 2 is 2.00 bits per heavy atom. The number of likely N-dealkylation sites (tertiary alicyclic amines) is 1. The molecular formula is C12H21F3N2O2. The van der Waals surface area contributed by atoms with Crippen LogP contribution in [-0.2, 0) is 9.53 Å². The molecule has 0 bridgehead atoms. The van der Waals surface area contributed by atoms with Gasteiger partial charge in [0.05, 0.1) is 12.5 Å². The third-order valence-electron chi connectivity index (χ3n) is 3.40. The Morgan fingerprint density at radius 1 is 1.42 bits per heavy atom. The molecule has 1 unspecified atom stereocenters. The average Bonchev–Trinajstić information content (AvgIpc) is 2.35. The quantitative estimate of drug-likeness (QED) is 0.777. The van der Waals surface area contributed by atoms with E-state index in [-0.39, 0.29) is 19.4 Å². The van der Waals surface area contributed by atoms with Crippen molar-refractivity contribution >= 4 is 5.97 Å². The van der Waals surface area contributed by atoms with Crippen LogP contribution in [0.5, 0.6) is 0 Å². The highest BCUT2D eigenvalue weighted by molar-refractivity contribution is 5.75. The van der Waals surface area contributed by atoms with Crippen LogP contribution < -0.4 is 5.73 Å². The van der Waals surface area contributed by atoms with Gasteiger partial charge in [-0.25, -0.2) is 0 Å². The zero-order chi connectivity index (χ0) is 14.5. The van der Waals surface area contributed by atoms with Gasteiger partial charge in [0.15, 0.2) is 0 Å². The predicted molar refractivity (Wildman–Crippen MR) is 64.4 cm³/mol. The van der Waals surface area contributed by atoms with Crippen LogP contribution in [-0.4, -0.2) is 49.3 Å². The molecule has 0 saturated carbocycles. The van der Waals surface area contributed by atoms with Gasteiger partial charge >= 0.3 is 12.1 Å². The van der Waals surface area contributed by atoms with Gasteiger partial charge in [0.25, 0.3) is 0 Å². The predicted octanol–water partition coefficient (Wildman–Crippen LogP) is 1.54. The van der Waals surface area contributed by atoms with Crippen molar-refractivity contribution in [2.45, 2.75) is 38.4 Å². The summed E-state index contributed by atoms with van der Waals surface area (Å²) in [5.74, 6) is -1.64. The first-order valence-corrected chi connectivity index (χ1v) is 6.56. The minimum absolute atomic E-state index is 0.123. The molecule has 1 atom stereocenters. The summed E-state index contributed by atoms with van der Waals surface area (Å²) < 4.78 is 42.2. The second kappa shape index (κ2) is 7.09. The molecule has 1 heterocycles. The maximum absolute atomic E-state index is 12.5. The summed E-state index contributed by atoms with van der Waals surface area (Å²) in [6.07, 6.45) is -3.43. The van der Waals surface area contributed by atoms with E-state index in [0.717, 1.165) is 0 Å². The maximum Gasteiger partial charge on any atom is 0.391 e. The van der Waals surface area contributed by atoms with Crippen LogP contribution in [0.25, 0.3) is 0 Å². The summed E-state index contributed by atoms with van der Waals surface area (Å²) in [6.45, 7) is 3.32. The number of hydrogen-bond donors (Lipinski definition) is 1. The van der Waals surface area contributed by atoms with Crippen LogP contribution in [0, 0.1) is 5.92 Å². The molecule has 0 radical (unpaired) electrons. The minimum atomic E-state index is -4.09. The Morgan fingerprint density at radius 3 is 2.47 bits per heavy atom. The van der Waals surface area contributed by atoms with Crippen molar-refractivity contribution in [1.82, 2.24) is 4.90 Å². The summed E-state index contributed by atoms with van der Waals surface area (Å²) in [6, 6.07) is -0.694. The number of nitrogens with two attached hydrogens (primary N) is 1. The lowest BCUT2D eigenvalue weighted by molar-refractivity contribution is -0.185. The van der Waals surface area contributed by atoms with Gasteiger partial charge in [-0.1, -0.05) is 0 Å². The number of rotatable bonds is 5. The van der Waals surface area contributed by atoms with Crippen molar-refractivity contribution in [1.29, 1.82) is 0 Å². The molecule has 4 nitrogen and oxygen atoms in total. The lowest BCUT2D eigenvalue weighted by Crippen LogP contribution is -2.42. The topological polar surface area (TPSA) is 55.6 Å². The van der Waals surface area contributed by atoms with Gasteiger partial charge < -0.3 is 15.4 Å². The van der Waals surface area contributed by atoms with Gasteiger partial charge in [-0.05, 0) is 39.3 Å². The lowest BCUT2D eigenvalue weighted by Gasteiger charge is -2.33. The Balaban J connectivity index is 2.25. The van der Waals surface area contributed by atoms with Crippen molar-refractivity contribution in [2.24, 2.45) is 11.7 Å². The fourth-order valence-electron chi connectivity index (χ4n) is 2.17. The molecular weight excluding hydrogens is 261 g/mol. The normalized spacial score (nSPS) is 20.3. The van der Waals surface area contributed by atoms with Gasteiger partial charge in [0, 0.05) is 6.54 Å². The standard InChI is InChI=1S/C12H21F3N2O2/c1-2-19-11(18)10(16)5-8-17-6-3-9(4-7-17)12(13,14)15/h9-10H,2-8,16H2,1H3. The van der Waals surface area contributed by atoms with Crippen molar-refractivity contribution in [3.63, 3.8) is 0 Å². The van der Waals surface area contributed by atoms with Crippen molar-refractivity contribution in [3.8, 4) is 0 Å². The zero-order valence-corrected chi connectivity index (χ0v) is 11.1. The van der Waals surface area contributed by atoms with Gasteiger partial charge in [0.2, 0.25) is 0 Å². The molecule has 0 aromatic heterocycles. The van der Waals surface area contributed by atoms with Crippen LogP contribution in [0.4, 0.5) is 13.2 Å². The first kappa shape index (κ1) is 16.2. The van der Waals surface area contributed by atoms with E-state index < -0.39 is 24.1 Å². The number of carbonyl (C=O) groups is 1. The second-order valence-corrected chi connectivity index (χ2v) is 4.80. The third kappa shape index (κ3) is 5.36. The number of hydrogen-bond acceptors (Lipinski definition) is 4. The lowest BCUT2D eigenvalue weighted by atomic mass is 9.96. The summed E-state index contributed by atoms with van der Waals surface area (Å²) in [4.78, 5) is 13.2. The van der Waals surface area contributed by atoms with E-state index in [0.29, 0.717) is 26.1 Å². The number of ether oxygens (including phenoxy) is 1. The molecule has 1 aliphatic rings. The molecule has 1 aliphatic heterocycles. The summed E-state index contributed by atoms with van der Waals surface area (Å²) in [7, 11) is 0. The van der Waals surface area contributed by atoms with Crippen LogP contribution in [0.2, 0.25) is 0 Å². The molecule has 1 rings (SSSR count). The molecule has 0 aliphatic carbocycles. The van der Waals surface area contributed by atoms with E-state index in [9.17, 15) is 18.0 Å². The van der Waals surface area contributed by atoms with E-state index in [2.05, 4.69) is 0 Å². The molecule has 0 aromatic carbocycles. The zero-order valence-electron chi connectivity index (χ0n) is 11.1. The fourth-order valence-corrected chi connectivity index (χ4v) is 2.17. The van der Waals surface area contributed by atoms with Crippen molar-refractivity contribution in [3.05, 3.63) is 0 Å². The second-order valence-electron chi connectivity index (χ2n) is 4.80. The monoisotopic (exact) mass is 282 g/mol. The number of esters is 1. The first-order chi connectivity index (χ1) is 8.84. The molecule has 19 heavy (non-hydrogen) atoms. The van der Waals surface area contributed by atoms with Gasteiger partial charge in [-0.2, -0.15) is 13.2 Å². The Kier molecular flexibility index (Phi) is 6.06. The molecule has 0 aromatic rings. The number of carbonyl (C=O) groups excluding carboxylic acids is 1. The van der Waals surface area contributed by atoms with E-state index in [1.165, 1.54) is 0 Å². The Labute approximate surface area is 111 Å². The highest BCUT2D eigenvalue weighted by atomic mass is 19.4. The van der Waals surface area contributed by atoms with Crippen molar-refractivity contribution < 1.29 is 22.7 Å². The molecule has 7 heteroatoms. The van der Waals surface area contributed by atoms with Crippen LogP contribution >= 0.6 is 0 Å². The van der Waals surface area contributed by atoms with Gasteiger partial charge in [0.1, 0.15) is 6.04 Å². The minimum Gasteiger partial charge on any atom is -0.465 e. The molecule has 1 fully saturated rings. The van der Waals surface area contributed by atoms with Gasteiger partial charge in [-0.15, -0.1) is 0 Å². The highest BCUT2D eigenvalue weighted by Crippen LogP contribution is 2.34. The van der Waals surface area contributed by atoms with E-state index in [1.54, 1.807) is 6.92 Å². The molecule has 1 saturated heterocycles. The largest absolute Gasteiger partial charge is 0.465 e. The average molecular weight is 282 g/mol. The Hall–Kier alpha value is -0.820. The molecule has 0 amide bonds. The first-order valence-electron chi connectivity index (χ1n) is 6.56. The Bertz CT molecular complexity index is 289. The summed E-state index contributed by atoms with van der Waals surface area (Å²) >= 11 is 0. The van der Waals surface area contributed by atoms with Crippen molar-refractivity contribution in [2.75, 3.05) is 26.2 Å². The fraction of sp³-hybridized carbons (Fsp3) is 0.917. The third-order valence-corrected chi connectivity index (χ3v) is 3.40. The number of piperidine rings is 1. The summed E-state index contributed by atoms with van der Waals surface area (Å²) in [5, 5.41) is 0. The molecule has 0 spiro atoms. The van der Waals surface area contributed by atoms with E-state index >= 15 is 0 Å². The smallest absolute Gasteiger partial charge is 0.391 e. The highest BCUT2D eigenvalue weighted by Gasteiger charge is 2.40. The number of nitrogens with zero attached hydrogens (tertiary/aromatic N) is 1. The number of halogens is 3. The van der Waals surface area contributed by atoms with Crippen LogP contribution in [0.3, 0.4) is 0 Å². The van der Waals surface area contributed by atoms with Gasteiger partial charge in [-0.3, -0.25) is 4.79 Å². The molecule has 2 N–H and O–H groups in total. The SMILES string of the molecule is CCOC(=O)C(N)CCN1CCC(C(F)(F)F)CC1. The van der Waals surface area contributed by atoms with Crippen LogP contribution in [0.15, 0.2) is 0 Å².